The van der Waals surface area contributed by atoms with Gasteiger partial charge in [0.2, 0.25) is 0 Å². The Bertz CT molecular complexity index is 1440. The van der Waals surface area contributed by atoms with Crippen molar-refractivity contribution >= 4 is 23.2 Å². The van der Waals surface area contributed by atoms with Gasteiger partial charge in [-0.05, 0) is 50.6 Å². The van der Waals surface area contributed by atoms with Gasteiger partial charge in [-0.25, -0.2) is 14.3 Å². The highest BCUT2D eigenvalue weighted by Crippen LogP contribution is 2.30. The van der Waals surface area contributed by atoms with Gasteiger partial charge < -0.3 is 19.9 Å². The molecule has 1 saturated heterocycles. The summed E-state index contributed by atoms with van der Waals surface area (Å²) < 4.78 is 7.30. The molecule has 5 rings (SSSR count). The van der Waals surface area contributed by atoms with E-state index < -0.39 is 11.7 Å². The minimum absolute atomic E-state index is 0.0497. The number of hydrogen-bond donors (Lipinski definition) is 1. The number of nitrogens with zero attached hydrogens (tertiary/aromatic N) is 5. The van der Waals surface area contributed by atoms with Gasteiger partial charge in [0, 0.05) is 43.5 Å². The fourth-order valence-electron chi connectivity index (χ4n) is 4.68. The number of imidazole rings is 1. The van der Waals surface area contributed by atoms with Gasteiger partial charge in [-0.1, -0.05) is 49.0 Å². The Balaban J connectivity index is 1.30. The number of amides is 1. The average Bonchev–Trinajstić information content (AvgIpc) is 3.46. The van der Waals surface area contributed by atoms with Crippen LogP contribution in [0.25, 0.3) is 16.9 Å². The number of alkyl carbamates (subject to hydrolysis) is 1. The molecule has 2 aromatic carbocycles. The van der Waals surface area contributed by atoms with Crippen LogP contribution in [0.2, 0.25) is 0 Å². The summed E-state index contributed by atoms with van der Waals surface area (Å²) in [5.41, 5.74) is 5.42. The van der Waals surface area contributed by atoms with E-state index in [9.17, 15) is 4.79 Å². The van der Waals surface area contributed by atoms with Gasteiger partial charge >= 0.3 is 6.09 Å². The van der Waals surface area contributed by atoms with E-state index in [1.807, 2.05) is 68.9 Å². The lowest BCUT2D eigenvalue weighted by atomic mass is 10.1. The monoisotopic (exact) mass is 510 g/mol. The Kier molecular flexibility index (Phi) is 6.80. The quantitative estimate of drug-likeness (QED) is 0.361. The Morgan fingerprint density at radius 2 is 1.84 bits per heavy atom. The Hall–Kier alpha value is -4.33. The van der Waals surface area contributed by atoms with Crippen molar-refractivity contribution in [2.75, 3.05) is 23.4 Å². The van der Waals surface area contributed by atoms with Crippen molar-refractivity contribution in [1.82, 2.24) is 19.9 Å². The molecule has 1 atom stereocenters. The highest BCUT2D eigenvalue weighted by molar-refractivity contribution is 5.70. The third-order valence-electron chi connectivity index (χ3n) is 6.46. The molecule has 1 fully saturated rings. The van der Waals surface area contributed by atoms with Crippen molar-refractivity contribution in [1.29, 1.82) is 0 Å². The molecule has 38 heavy (non-hydrogen) atoms. The molecule has 1 amide bonds. The van der Waals surface area contributed by atoms with Crippen LogP contribution in [-0.2, 0) is 11.3 Å². The second-order valence-corrected chi connectivity index (χ2v) is 10.7. The molecule has 8 nitrogen and oxygen atoms in total. The van der Waals surface area contributed by atoms with Crippen LogP contribution in [0, 0.1) is 0 Å². The summed E-state index contributed by atoms with van der Waals surface area (Å²) >= 11 is 0. The Labute approximate surface area is 223 Å². The van der Waals surface area contributed by atoms with Crippen molar-refractivity contribution in [3.63, 3.8) is 0 Å². The summed E-state index contributed by atoms with van der Waals surface area (Å²) in [6, 6.07) is 22.6. The summed E-state index contributed by atoms with van der Waals surface area (Å²) in [7, 11) is 2.04. The van der Waals surface area contributed by atoms with E-state index in [4.69, 9.17) is 9.84 Å². The molecule has 1 N–H and O–H groups in total. The van der Waals surface area contributed by atoms with Crippen LogP contribution in [0.15, 0.2) is 85.2 Å². The predicted octanol–water partition coefficient (Wildman–Crippen LogP) is 5.65. The molecule has 8 heteroatoms. The van der Waals surface area contributed by atoms with Gasteiger partial charge in [0.05, 0.1) is 17.9 Å². The first-order valence-corrected chi connectivity index (χ1v) is 12.8. The van der Waals surface area contributed by atoms with Crippen LogP contribution in [0.4, 0.5) is 16.3 Å². The third-order valence-corrected chi connectivity index (χ3v) is 6.46. The van der Waals surface area contributed by atoms with Crippen LogP contribution in [-0.4, -0.2) is 45.9 Å². The summed E-state index contributed by atoms with van der Waals surface area (Å²) in [6.45, 7) is 11.2. The fourth-order valence-corrected chi connectivity index (χ4v) is 4.68. The van der Waals surface area contributed by atoms with E-state index in [1.54, 1.807) is 0 Å². The number of carbonyl (C=O) groups excluding carboxylic acids is 1. The minimum Gasteiger partial charge on any atom is -0.444 e. The van der Waals surface area contributed by atoms with E-state index in [2.05, 4.69) is 63.1 Å². The van der Waals surface area contributed by atoms with E-state index >= 15 is 0 Å². The third kappa shape index (κ3) is 5.64. The van der Waals surface area contributed by atoms with Crippen LogP contribution in [0.5, 0.6) is 0 Å². The van der Waals surface area contributed by atoms with E-state index in [1.165, 1.54) is 5.56 Å². The van der Waals surface area contributed by atoms with E-state index in [0.29, 0.717) is 13.0 Å². The zero-order valence-electron chi connectivity index (χ0n) is 22.4. The first-order valence-electron chi connectivity index (χ1n) is 12.8. The van der Waals surface area contributed by atoms with Gasteiger partial charge in [0.25, 0.3) is 0 Å². The lowest BCUT2D eigenvalue weighted by Gasteiger charge is -2.22. The molecular weight excluding hydrogens is 476 g/mol. The molecule has 0 bridgehead atoms. The number of hydrogen-bond acceptors (Lipinski definition) is 6. The number of aromatic nitrogens is 3. The van der Waals surface area contributed by atoms with Crippen molar-refractivity contribution in [3.8, 4) is 11.3 Å². The highest BCUT2D eigenvalue weighted by Gasteiger charge is 2.29. The highest BCUT2D eigenvalue weighted by atomic mass is 16.6. The minimum atomic E-state index is -0.528. The van der Waals surface area contributed by atoms with E-state index in [-0.39, 0.29) is 6.04 Å². The molecule has 0 spiro atoms. The number of nitrogens with one attached hydrogen (secondary N) is 1. The fraction of sp³-hybridized carbons (Fsp3) is 0.300. The molecular formula is C30H34N6O2. The van der Waals surface area contributed by atoms with Crippen molar-refractivity contribution in [3.05, 3.63) is 90.8 Å². The number of anilines is 2. The average molecular weight is 511 g/mol. The van der Waals surface area contributed by atoms with Crippen LogP contribution in [0.1, 0.15) is 32.8 Å². The van der Waals surface area contributed by atoms with Gasteiger partial charge in [-0.3, -0.25) is 0 Å². The summed E-state index contributed by atoms with van der Waals surface area (Å²) in [6.07, 6.45) is 2.13. The molecule has 0 unspecified atom stereocenters. The number of rotatable bonds is 6. The van der Waals surface area contributed by atoms with Gasteiger partial charge in [0.1, 0.15) is 11.4 Å². The molecule has 196 valence electrons. The molecule has 0 aliphatic carbocycles. The van der Waals surface area contributed by atoms with Crippen molar-refractivity contribution < 1.29 is 9.53 Å². The molecule has 0 saturated carbocycles. The maximum Gasteiger partial charge on any atom is 0.407 e. The second kappa shape index (κ2) is 10.2. The van der Waals surface area contributed by atoms with Crippen LogP contribution < -0.4 is 15.1 Å². The Morgan fingerprint density at radius 3 is 2.55 bits per heavy atom. The smallest absolute Gasteiger partial charge is 0.407 e. The van der Waals surface area contributed by atoms with Gasteiger partial charge in [-0.15, -0.1) is 5.10 Å². The zero-order chi connectivity index (χ0) is 26.9. The Morgan fingerprint density at radius 1 is 1.11 bits per heavy atom. The maximum absolute atomic E-state index is 12.2. The standard InChI is InChI=1S/C30H34N6O2/c1-21-17-24(32-29(37)38-30(2,3)4)20-35(21)25-13-11-23(12-14-25)26-18-31-27-15-16-28(33-36(26)27)34(5)19-22-9-7-6-8-10-22/h6-16,18,24H,1,17,19-20H2,2-5H3,(H,32,37)/t24-/m0/s1. The number of carbonyl (C=O) groups is 1. The molecule has 4 aromatic rings. The maximum atomic E-state index is 12.2. The van der Waals surface area contributed by atoms with Gasteiger partial charge in [0.15, 0.2) is 5.65 Å². The molecule has 0 radical (unpaired) electrons. The molecule has 2 aromatic heterocycles. The predicted molar refractivity (Wildman–Crippen MR) is 151 cm³/mol. The molecule has 1 aliphatic heterocycles. The number of fused-ring (bicyclic) bond motifs is 1. The first kappa shape index (κ1) is 25.3. The summed E-state index contributed by atoms with van der Waals surface area (Å²) in [5, 5.41) is 7.85. The SMILES string of the molecule is C=C1C[C@H](NC(=O)OC(C)(C)C)CN1c1ccc(-c2cnc3ccc(N(C)Cc4ccccc4)nn23)cc1. The summed E-state index contributed by atoms with van der Waals surface area (Å²) in [4.78, 5) is 21.0. The largest absolute Gasteiger partial charge is 0.444 e. The van der Waals surface area contributed by atoms with Crippen LogP contribution in [0.3, 0.4) is 0 Å². The van der Waals surface area contributed by atoms with Crippen LogP contribution >= 0.6 is 0 Å². The second-order valence-electron chi connectivity index (χ2n) is 10.7. The normalized spacial score (nSPS) is 15.6. The van der Waals surface area contributed by atoms with Crippen molar-refractivity contribution in [2.45, 2.75) is 45.4 Å². The zero-order valence-corrected chi connectivity index (χ0v) is 22.4. The van der Waals surface area contributed by atoms with E-state index in [0.717, 1.165) is 40.7 Å². The molecule has 1 aliphatic rings. The van der Waals surface area contributed by atoms with Crippen molar-refractivity contribution in [2.24, 2.45) is 0 Å². The topological polar surface area (TPSA) is 75.0 Å². The lowest BCUT2D eigenvalue weighted by Crippen LogP contribution is -2.40. The molecule has 3 heterocycles. The number of ether oxygens (including phenoxy) is 1. The lowest BCUT2D eigenvalue weighted by molar-refractivity contribution is 0.0509. The number of benzene rings is 2. The summed E-state index contributed by atoms with van der Waals surface area (Å²) in [5.74, 6) is 0.870. The first-order chi connectivity index (χ1) is 18.2. The van der Waals surface area contributed by atoms with Gasteiger partial charge in [-0.2, -0.15) is 0 Å².